The molecule has 0 bridgehead atoms. The molecule has 0 N–H and O–H groups in total. The number of carbonyl (C=O) groups is 1. The van der Waals surface area contributed by atoms with Gasteiger partial charge in [-0.2, -0.15) is 0 Å². The quantitative estimate of drug-likeness (QED) is 0.581. The number of hydrogen-bond acceptors (Lipinski definition) is 4. The molecule has 1 aromatic heterocycles. The van der Waals surface area contributed by atoms with E-state index in [4.69, 9.17) is 9.47 Å². The van der Waals surface area contributed by atoms with Crippen molar-refractivity contribution in [2.75, 3.05) is 20.3 Å². The Morgan fingerprint density at radius 3 is 2.77 bits per heavy atom. The van der Waals surface area contributed by atoms with E-state index in [-0.39, 0.29) is 12.0 Å². The Bertz CT molecular complexity index is 984. The van der Waals surface area contributed by atoms with E-state index in [1.54, 1.807) is 13.3 Å². The first kappa shape index (κ1) is 20.1. The fourth-order valence-electron chi connectivity index (χ4n) is 3.83. The summed E-state index contributed by atoms with van der Waals surface area (Å²) in [4.78, 5) is 19.7. The Kier molecular flexibility index (Phi) is 6.40. The van der Waals surface area contributed by atoms with Crippen molar-refractivity contribution in [1.29, 1.82) is 0 Å². The van der Waals surface area contributed by atoms with Crippen LogP contribution in [0.4, 0.5) is 0 Å². The van der Waals surface area contributed by atoms with Gasteiger partial charge in [0.25, 0.3) is 5.91 Å². The number of pyridine rings is 1. The van der Waals surface area contributed by atoms with E-state index < -0.39 is 0 Å². The van der Waals surface area contributed by atoms with Gasteiger partial charge in [-0.05, 0) is 48.7 Å². The Morgan fingerprint density at radius 2 is 2.00 bits per heavy atom. The van der Waals surface area contributed by atoms with E-state index in [2.05, 4.69) is 4.98 Å². The summed E-state index contributed by atoms with van der Waals surface area (Å²) in [7, 11) is 1.66. The first-order valence-corrected chi connectivity index (χ1v) is 10.3. The predicted octanol–water partition coefficient (Wildman–Crippen LogP) is 4.58. The highest BCUT2D eigenvalue weighted by atomic mass is 16.5. The van der Waals surface area contributed by atoms with Crippen molar-refractivity contribution in [2.24, 2.45) is 0 Å². The van der Waals surface area contributed by atoms with Crippen LogP contribution in [0, 0.1) is 0 Å². The average Bonchev–Trinajstić information content (AvgIpc) is 3.32. The third-order valence-corrected chi connectivity index (χ3v) is 5.34. The molecule has 1 unspecified atom stereocenters. The number of ether oxygens (including phenoxy) is 2. The molecule has 2 aromatic carbocycles. The Labute approximate surface area is 177 Å². The van der Waals surface area contributed by atoms with Gasteiger partial charge in [-0.1, -0.05) is 36.4 Å². The zero-order chi connectivity index (χ0) is 20.8. The molecule has 30 heavy (non-hydrogen) atoms. The van der Waals surface area contributed by atoms with E-state index in [1.807, 2.05) is 71.6 Å². The highest BCUT2D eigenvalue weighted by molar-refractivity contribution is 5.95. The van der Waals surface area contributed by atoms with Gasteiger partial charge in [0.1, 0.15) is 5.75 Å². The molecule has 3 aromatic rings. The molecule has 1 amide bonds. The maximum Gasteiger partial charge on any atom is 0.254 e. The van der Waals surface area contributed by atoms with Crippen LogP contribution in [-0.4, -0.2) is 42.2 Å². The highest BCUT2D eigenvalue weighted by Crippen LogP contribution is 2.30. The third kappa shape index (κ3) is 4.69. The molecule has 5 nitrogen and oxygen atoms in total. The molecule has 0 spiro atoms. The number of aromatic nitrogens is 1. The smallest absolute Gasteiger partial charge is 0.254 e. The second-order valence-electron chi connectivity index (χ2n) is 7.42. The van der Waals surface area contributed by atoms with E-state index in [0.717, 1.165) is 42.0 Å². The van der Waals surface area contributed by atoms with Crippen molar-refractivity contribution in [2.45, 2.75) is 25.5 Å². The summed E-state index contributed by atoms with van der Waals surface area (Å²) in [5.74, 6) is 0.764. The normalized spacial score (nSPS) is 15.7. The van der Waals surface area contributed by atoms with Crippen molar-refractivity contribution < 1.29 is 14.3 Å². The monoisotopic (exact) mass is 402 g/mol. The largest absolute Gasteiger partial charge is 0.496 e. The first-order chi connectivity index (χ1) is 14.7. The zero-order valence-electron chi connectivity index (χ0n) is 17.2. The van der Waals surface area contributed by atoms with Crippen LogP contribution in [0.2, 0.25) is 0 Å². The molecule has 0 aliphatic carbocycles. The minimum Gasteiger partial charge on any atom is -0.496 e. The summed E-state index contributed by atoms with van der Waals surface area (Å²) < 4.78 is 11.3. The van der Waals surface area contributed by atoms with Gasteiger partial charge in [-0.25, -0.2) is 0 Å². The molecular formula is C25H26N2O3. The molecule has 1 aliphatic heterocycles. The maximum atomic E-state index is 13.5. The lowest BCUT2D eigenvalue weighted by molar-refractivity contribution is 0.0504. The van der Waals surface area contributed by atoms with Crippen LogP contribution in [0.25, 0.3) is 11.1 Å². The fraction of sp³-hybridized carbons (Fsp3) is 0.280. The van der Waals surface area contributed by atoms with Gasteiger partial charge in [0.05, 0.1) is 25.5 Å². The van der Waals surface area contributed by atoms with Gasteiger partial charge in [0.15, 0.2) is 0 Å². The second kappa shape index (κ2) is 9.55. The summed E-state index contributed by atoms with van der Waals surface area (Å²) in [6.45, 7) is 1.78. The molecule has 154 valence electrons. The molecule has 4 rings (SSSR count). The molecule has 1 fully saturated rings. The van der Waals surface area contributed by atoms with Crippen LogP contribution in [0.3, 0.4) is 0 Å². The molecule has 0 radical (unpaired) electrons. The van der Waals surface area contributed by atoms with Crippen molar-refractivity contribution >= 4 is 5.91 Å². The van der Waals surface area contributed by atoms with Crippen LogP contribution in [0.5, 0.6) is 5.75 Å². The van der Waals surface area contributed by atoms with Crippen molar-refractivity contribution in [1.82, 2.24) is 9.88 Å². The highest BCUT2D eigenvalue weighted by Gasteiger charge is 2.24. The van der Waals surface area contributed by atoms with E-state index >= 15 is 0 Å². The van der Waals surface area contributed by atoms with Crippen LogP contribution in [-0.2, 0) is 11.3 Å². The van der Waals surface area contributed by atoms with Gasteiger partial charge >= 0.3 is 0 Å². The fourth-order valence-corrected chi connectivity index (χ4v) is 3.83. The van der Waals surface area contributed by atoms with Gasteiger partial charge < -0.3 is 14.4 Å². The summed E-state index contributed by atoms with van der Waals surface area (Å²) in [5, 5.41) is 0. The number of methoxy groups -OCH3 is 1. The van der Waals surface area contributed by atoms with E-state index in [1.165, 1.54) is 0 Å². The summed E-state index contributed by atoms with van der Waals surface area (Å²) in [6.07, 6.45) is 3.86. The molecule has 5 heteroatoms. The van der Waals surface area contributed by atoms with Crippen molar-refractivity contribution in [3.8, 4) is 16.9 Å². The predicted molar refractivity (Wildman–Crippen MR) is 116 cm³/mol. The topological polar surface area (TPSA) is 51.7 Å². The zero-order valence-corrected chi connectivity index (χ0v) is 17.2. The summed E-state index contributed by atoms with van der Waals surface area (Å²) >= 11 is 0. The van der Waals surface area contributed by atoms with Crippen molar-refractivity contribution in [3.05, 3.63) is 84.2 Å². The molecular weight excluding hydrogens is 376 g/mol. The third-order valence-electron chi connectivity index (χ3n) is 5.34. The Balaban J connectivity index is 1.62. The second-order valence-corrected chi connectivity index (χ2v) is 7.42. The number of nitrogens with zero attached hydrogens (tertiary/aromatic N) is 2. The van der Waals surface area contributed by atoms with Crippen molar-refractivity contribution in [3.63, 3.8) is 0 Å². The van der Waals surface area contributed by atoms with Gasteiger partial charge in [-0.15, -0.1) is 0 Å². The van der Waals surface area contributed by atoms with Crippen LogP contribution < -0.4 is 4.74 Å². The first-order valence-electron chi connectivity index (χ1n) is 10.3. The molecule has 1 aliphatic rings. The Hall–Kier alpha value is -3.18. The Morgan fingerprint density at radius 1 is 1.13 bits per heavy atom. The number of hydrogen-bond donors (Lipinski definition) is 0. The lowest BCUT2D eigenvalue weighted by Crippen LogP contribution is -2.37. The van der Waals surface area contributed by atoms with Crippen LogP contribution in [0.1, 0.15) is 28.9 Å². The van der Waals surface area contributed by atoms with Gasteiger partial charge in [0.2, 0.25) is 0 Å². The standard InChI is InChI=1S/C25H26N2O3/c1-29-24-13-3-2-12-23(24)19-8-6-9-20(16-19)25(28)27(18-22-11-7-15-30-22)17-21-10-4-5-14-26-21/h2-6,8-10,12-14,16,22H,7,11,15,17-18H2,1H3. The van der Waals surface area contributed by atoms with E-state index in [0.29, 0.717) is 18.7 Å². The molecule has 1 atom stereocenters. The number of amides is 1. The summed E-state index contributed by atoms with van der Waals surface area (Å²) in [5.41, 5.74) is 3.43. The summed E-state index contributed by atoms with van der Waals surface area (Å²) in [6, 6.07) is 21.3. The average molecular weight is 402 g/mol. The number of carbonyl (C=O) groups excluding carboxylic acids is 1. The number of para-hydroxylation sites is 1. The lowest BCUT2D eigenvalue weighted by atomic mass is 10.0. The SMILES string of the molecule is COc1ccccc1-c1cccc(C(=O)N(Cc2ccccn2)CC2CCCO2)c1. The molecule has 1 saturated heterocycles. The van der Waals surface area contributed by atoms with Gasteiger partial charge in [-0.3, -0.25) is 9.78 Å². The minimum atomic E-state index is -0.0205. The van der Waals surface area contributed by atoms with Crippen LogP contribution >= 0.6 is 0 Å². The lowest BCUT2D eigenvalue weighted by Gasteiger charge is -2.25. The molecule has 2 heterocycles. The molecule has 0 saturated carbocycles. The van der Waals surface area contributed by atoms with E-state index in [9.17, 15) is 4.79 Å². The van der Waals surface area contributed by atoms with Crippen LogP contribution in [0.15, 0.2) is 72.9 Å². The number of benzene rings is 2. The minimum absolute atomic E-state index is 0.0205. The van der Waals surface area contributed by atoms with Gasteiger partial charge in [0, 0.05) is 30.5 Å². The number of rotatable bonds is 7. The maximum absolute atomic E-state index is 13.5.